The predicted molar refractivity (Wildman–Crippen MR) is 126 cm³/mol. The second-order valence-corrected chi connectivity index (χ2v) is 9.47. The molecule has 7 rings (SSSR count). The Balaban J connectivity index is 1.23. The lowest BCUT2D eigenvalue weighted by atomic mass is 9.55. The Bertz CT molecular complexity index is 1310. The maximum atomic E-state index is 13.7. The lowest BCUT2D eigenvalue weighted by molar-refractivity contribution is -0.159. The summed E-state index contributed by atoms with van der Waals surface area (Å²) in [4.78, 5) is 53.4. The van der Waals surface area contributed by atoms with Crippen molar-refractivity contribution >= 4 is 29.5 Å². The second kappa shape index (κ2) is 8.15. The number of carbonyl (C=O) groups is 4. The summed E-state index contributed by atoms with van der Waals surface area (Å²) in [5, 5.41) is 6.11. The first-order chi connectivity index (χ1) is 17.4. The normalized spacial score (nSPS) is 24.1. The van der Waals surface area contributed by atoms with Gasteiger partial charge < -0.3 is 14.6 Å². The van der Waals surface area contributed by atoms with Crippen molar-refractivity contribution in [2.45, 2.75) is 31.7 Å². The smallest absolute Gasteiger partial charge is 0.329 e. The fourth-order valence-corrected chi connectivity index (χ4v) is 6.05. The summed E-state index contributed by atoms with van der Waals surface area (Å²) in [7, 11) is 0. The molecule has 4 aliphatic rings. The van der Waals surface area contributed by atoms with Gasteiger partial charge in [0.05, 0.1) is 11.8 Å². The number of benzene rings is 2. The van der Waals surface area contributed by atoms with Gasteiger partial charge in [-0.3, -0.25) is 19.3 Å². The molecule has 1 aromatic heterocycles. The van der Waals surface area contributed by atoms with Gasteiger partial charge in [0, 0.05) is 17.9 Å². The Kier molecular flexibility index (Phi) is 5.03. The van der Waals surface area contributed by atoms with Crippen LogP contribution in [-0.4, -0.2) is 46.4 Å². The third-order valence-electron chi connectivity index (χ3n) is 7.45. The number of anilines is 1. The summed E-state index contributed by atoms with van der Waals surface area (Å²) >= 11 is 0. The molecule has 0 radical (unpaired) electrons. The number of aryl methyl sites for hydroxylation is 1. The molecule has 1 saturated heterocycles. The first kappa shape index (κ1) is 22.2. The molecule has 9 nitrogen and oxygen atoms in total. The number of rotatable bonds is 5. The molecule has 0 spiro atoms. The van der Waals surface area contributed by atoms with Crippen molar-refractivity contribution in [2.24, 2.45) is 11.8 Å². The van der Waals surface area contributed by atoms with Crippen molar-refractivity contribution < 1.29 is 28.4 Å². The highest BCUT2D eigenvalue weighted by Crippen LogP contribution is 2.61. The van der Waals surface area contributed by atoms with E-state index in [-0.39, 0.29) is 29.5 Å². The van der Waals surface area contributed by atoms with Gasteiger partial charge >= 0.3 is 5.97 Å². The Morgan fingerprint density at radius 1 is 0.972 bits per heavy atom. The second-order valence-electron chi connectivity index (χ2n) is 9.47. The van der Waals surface area contributed by atoms with Crippen molar-refractivity contribution in [3.63, 3.8) is 0 Å². The highest BCUT2D eigenvalue weighted by atomic mass is 16.5. The molecule has 36 heavy (non-hydrogen) atoms. The van der Waals surface area contributed by atoms with E-state index < -0.39 is 36.4 Å². The summed E-state index contributed by atoms with van der Waals surface area (Å²) in [6.07, 6.45) is 0. The number of hydrogen-bond acceptors (Lipinski definition) is 7. The van der Waals surface area contributed by atoms with Crippen molar-refractivity contribution in [3.05, 3.63) is 82.6 Å². The van der Waals surface area contributed by atoms with Gasteiger partial charge in [-0.05, 0) is 36.1 Å². The molecule has 2 bridgehead atoms. The fourth-order valence-electron chi connectivity index (χ4n) is 6.05. The van der Waals surface area contributed by atoms with E-state index in [0.29, 0.717) is 5.76 Å². The molecule has 0 unspecified atom stereocenters. The maximum Gasteiger partial charge on any atom is 0.329 e. The molecule has 3 aromatic rings. The first-order valence-corrected chi connectivity index (χ1v) is 11.8. The van der Waals surface area contributed by atoms with E-state index >= 15 is 0 Å². The van der Waals surface area contributed by atoms with E-state index in [0.717, 1.165) is 27.2 Å². The van der Waals surface area contributed by atoms with E-state index in [2.05, 4.69) is 10.5 Å². The average molecular weight is 485 g/mol. The molecule has 1 N–H and O–H groups in total. The molecule has 2 aromatic carbocycles. The molecule has 1 fully saturated rings. The zero-order valence-electron chi connectivity index (χ0n) is 19.6. The number of hydrogen-bond donors (Lipinski definition) is 1. The standard InChI is InChI=1S/C27H23N3O6/c1-13-11-19(29-36-13)28-20(31)12-35-27(34)14(2)30-25(32)23-21-15-7-3-4-8-16(15)22(24(23)26(30)33)18-10-6-5-9-17(18)21/h3-11,14,21-24H,12H2,1-2H3,(H,28,29,31)/t14-,21?,22?,23+,24+/m0/s1. The molecule has 3 amide bonds. The van der Waals surface area contributed by atoms with E-state index in [1.165, 1.54) is 13.0 Å². The number of nitrogens with zero attached hydrogens (tertiary/aromatic N) is 2. The third-order valence-corrected chi connectivity index (χ3v) is 7.45. The largest absolute Gasteiger partial charge is 0.454 e. The summed E-state index contributed by atoms with van der Waals surface area (Å²) in [5.41, 5.74) is 4.22. The Morgan fingerprint density at radius 2 is 1.47 bits per heavy atom. The van der Waals surface area contributed by atoms with Crippen LogP contribution in [0.5, 0.6) is 0 Å². The quantitative estimate of drug-likeness (QED) is 0.436. The van der Waals surface area contributed by atoms with Gasteiger partial charge in [0.2, 0.25) is 11.8 Å². The molecular formula is C27H23N3O6. The Labute approximate surface area is 206 Å². The minimum Gasteiger partial charge on any atom is -0.454 e. The zero-order valence-corrected chi connectivity index (χ0v) is 19.6. The van der Waals surface area contributed by atoms with Gasteiger partial charge in [-0.1, -0.05) is 53.7 Å². The monoisotopic (exact) mass is 485 g/mol. The summed E-state index contributed by atoms with van der Waals surface area (Å²) < 4.78 is 10.0. The highest BCUT2D eigenvalue weighted by Gasteiger charge is 2.62. The Hall–Kier alpha value is -4.27. The van der Waals surface area contributed by atoms with Crippen LogP contribution in [0, 0.1) is 18.8 Å². The van der Waals surface area contributed by atoms with Crippen molar-refractivity contribution in [3.8, 4) is 0 Å². The third kappa shape index (κ3) is 3.19. The molecule has 0 saturated carbocycles. The van der Waals surface area contributed by atoms with Crippen molar-refractivity contribution in [1.82, 2.24) is 10.1 Å². The first-order valence-electron chi connectivity index (χ1n) is 11.8. The molecule has 9 heteroatoms. The van der Waals surface area contributed by atoms with Crippen LogP contribution in [0.2, 0.25) is 0 Å². The summed E-state index contributed by atoms with van der Waals surface area (Å²) in [5.74, 6) is -3.16. The molecule has 182 valence electrons. The van der Waals surface area contributed by atoms with Crippen LogP contribution in [-0.2, 0) is 23.9 Å². The number of carbonyl (C=O) groups excluding carboxylic acids is 4. The van der Waals surface area contributed by atoms with Crippen LogP contribution in [0.15, 0.2) is 59.1 Å². The summed E-state index contributed by atoms with van der Waals surface area (Å²) in [6.45, 7) is 2.55. The predicted octanol–water partition coefficient (Wildman–Crippen LogP) is 2.75. The lowest BCUT2D eigenvalue weighted by Gasteiger charge is -2.45. The lowest BCUT2D eigenvalue weighted by Crippen LogP contribution is -2.45. The molecule has 3 aliphatic carbocycles. The van der Waals surface area contributed by atoms with Gasteiger partial charge in [0.15, 0.2) is 12.4 Å². The van der Waals surface area contributed by atoms with Crippen molar-refractivity contribution in [1.29, 1.82) is 0 Å². The van der Waals surface area contributed by atoms with Crippen molar-refractivity contribution in [2.75, 3.05) is 11.9 Å². The van der Waals surface area contributed by atoms with Crippen LogP contribution in [0.3, 0.4) is 0 Å². The van der Waals surface area contributed by atoms with Crippen LogP contribution >= 0.6 is 0 Å². The number of ether oxygens (including phenoxy) is 1. The topological polar surface area (TPSA) is 119 Å². The molecular weight excluding hydrogens is 462 g/mol. The molecule has 2 heterocycles. The number of imide groups is 1. The minimum atomic E-state index is -1.16. The van der Waals surface area contributed by atoms with Gasteiger partial charge in [-0.15, -0.1) is 0 Å². The number of nitrogens with one attached hydrogen (secondary N) is 1. The molecule has 3 atom stereocenters. The average Bonchev–Trinajstić information content (AvgIpc) is 3.41. The number of esters is 1. The number of amides is 3. The van der Waals surface area contributed by atoms with Crippen LogP contribution in [0.1, 0.15) is 46.8 Å². The van der Waals surface area contributed by atoms with Gasteiger partial charge in [-0.2, -0.15) is 0 Å². The van der Waals surface area contributed by atoms with Gasteiger partial charge in [-0.25, -0.2) is 4.79 Å². The van der Waals surface area contributed by atoms with E-state index in [4.69, 9.17) is 9.26 Å². The van der Waals surface area contributed by atoms with Crippen LogP contribution in [0.4, 0.5) is 5.82 Å². The fraction of sp³-hybridized carbons (Fsp3) is 0.296. The van der Waals surface area contributed by atoms with E-state index in [1.54, 1.807) is 6.92 Å². The van der Waals surface area contributed by atoms with Gasteiger partial charge in [0.25, 0.3) is 5.91 Å². The number of likely N-dealkylation sites (tertiary alicyclic amines) is 1. The van der Waals surface area contributed by atoms with Crippen LogP contribution < -0.4 is 5.32 Å². The minimum absolute atomic E-state index is 0.199. The summed E-state index contributed by atoms with van der Waals surface area (Å²) in [6, 6.07) is 16.2. The van der Waals surface area contributed by atoms with E-state index in [1.807, 2.05) is 48.5 Å². The molecule has 1 aliphatic heterocycles. The highest BCUT2D eigenvalue weighted by molar-refractivity contribution is 6.10. The van der Waals surface area contributed by atoms with E-state index in [9.17, 15) is 19.2 Å². The Morgan fingerprint density at radius 3 is 1.92 bits per heavy atom. The zero-order chi connectivity index (χ0) is 25.1. The van der Waals surface area contributed by atoms with Gasteiger partial charge in [0.1, 0.15) is 11.8 Å². The SMILES string of the molecule is Cc1cc(NC(=O)COC(=O)[C@H](C)N2C(=O)[C@@H]3C4c5ccccc5C(c5ccccc54)[C@H]3C2=O)no1. The number of aromatic nitrogens is 1. The maximum absolute atomic E-state index is 13.7. The van der Waals surface area contributed by atoms with Crippen LogP contribution in [0.25, 0.3) is 0 Å².